The van der Waals surface area contributed by atoms with Gasteiger partial charge in [0.05, 0.1) is 13.2 Å². The van der Waals surface area contributed by atoms with Crippen molar-refractivity contribution in [3.63, 3.8) is 0 Å². The van der Waals surface area contributed by atoms with E-state index in [1.807, 2.05) is 0 Å². The third-order valence-corrected chi connectivity index (χ3v) is 4.26. The lowest BCUT2D eigenvalue weighted by molar-refractivity contribution is 0.0603. The molecular formula is C15H32N2O2. The van der Waals surface area contributed by atoms with Gasteiger partial charge in [-0.3, -0.25) is 4.90 Å². The molecule has 1 atom stereocenters. The molecule has 0 aliphatic carbocycles. The average Bonchev–Trinajstić information content (AvgIpc) is 2.42. The van der Waals surface area contributed by atoms with E-state index in [1.165, 1.54) is 19.4 Å². The number of rotatable bonds is 9. The summed E-state index contributed by atoms with van der Waals surface area (Å²) >= 11 is 0. The van der Waals surface area contributed by atoms with E-state index in [4.69, 9.17) is 9.47 Å². The zero-order valence-electron chi connectivity index (χ0n) is 13.2. The van der Waals surface area contributed by atoms with Gasteiger partial charge in [0.25, 0.3) is 0 Å². The topological polar surface area (TPSA) is 33.7 Å². The normalized spacial score (nSPS) is 21.0. The predicted octanol–water partition coefficient (Wildman–Crippen LogP) is 1.61. The maximum atomic E-state index is 5.22. The molecule has 1 rings (SSSR count). The predicted molar refractivity (Wildman–Crippen MR) is 79.6 cm³/mol. The number of ether oxygens (including phenoxy) is 2. The average molecular weight is 272 g/mol. The smallest absolute Gasteiger partial charge is 0.0589 e. The Kier molecular flexibility index (Phi) is 7.91. The van der Waals surface area contributed by atoms with Crippen molar-refractivity contribution in [2.24, 2.45) is 11.3 Å². The fourth-order valence-corrected chi connectivity index (χ4v) is 2.93. The SMILES string of the molecule is COCCN(CCOC)CC(C)(C)C1CCCNC1. The van der Waals surface area contributed by atoms with Crippen LogP contribution in [-0.2, 0) is 9.47 Å². The molecule has 4 heteroatoms. The third kappa shape index (κ3) is 6.21. The van der Waals surface area contributed by atoms with Crippen LogP contribution < -0.4 is 5.32 Å². The van der Waals surface area contributed by atoms with Crippen molar-refractivity contribution < 1.29 is 9.47 Å². The Hall–Kier alpha value is -0.160. The Bertz CT molecular complexity index is 220. The number of hydrogen-bond acceptors (Lipinski definition) is 4. The molecule has 0 aromatic heterocycles. The lowest BCUT2D eigenvalue weighted by atomic mass is 9.74. The summed E-state index contributed by atoms with van der Waals surface area (Å²) in [7, 11) is 3.54. The van der Waals surface area contributed by atoms with Gasteiger partial charge in [-0.05, 0) is 37.3 Å². The van der Waals surface area contributed by atoms with Crippen molar-refractivity contribution >= 4 is 0 Å². The van der Waals surface area contributed by atoms with Crippen molar-refractivity contribution in [2.75, 3.05) is 60.2 Å². The minimum absolute atomic E-state index is 0.342. The molecule has 1 N–H and O–H groups in total. The fraction of sp³-hybridized carbons (Fsp3) is 1.00. The summed E-state index contributed by atoms with van der Waals surface area (Å²) in [6, 6.07) is 0. The highest BCUT2D eigenvalue weighted by atomic mass is 16.5. The molecule has 1 heterocycles. The molecule has 4 nitrogen and oxygen atoms in total. The standard InChI is InChI=1S/C15H32N2O2/c1-15(2,14-6-5-7-16-12-14)13-17(8-10-18-3)9-11-19-4/h14,16H,5-13H2,1-4H3. The van der Waals surface area contributed by atoms with Gasteiger partial charge in [-0.1, -0.05) is 13.8 Å². The summed E-state index contributed by atoms with van der Waals surface area (Å²) in [5.41, 5.74) is 0.342. The van der Waals surface area contributed by atoms with Crippen molar-refractivity contribution in [2.45, 2.75) is 26.7 Å². The highest BCUT2D eigenvalue weighted by Gasteiger charge is 2.32. The van der Waals surface area contributed by atoms with Crippen molar-refractivity contribution in [3.8, 4) is 0 Å². The van der Waals surface area contributed by atoms with Crippen molar-refractivity contribution in [3.05, 3.63) is 0 Å². The molecule has 1 unspecified atom stereocenters. The Labute approximate surface area is 118 Å². The van der Waals surface area contributed by atoms with Crippen molar-refractivity contribution in [1.29, 1.82) is 0 Å². The Morgan fingerprint density at radius 2 is 1.79 bits per heavy atom. The maximum absolute atomic E-state index is 5.22. The van der Waals surface area contributed by atoms with Gasteiger partial charge in [-0.2, -0.15) is 0 Å². The van der Waals surface area contributed by atoms with E-state index in [1.54, 1.807) is 14.2 Å². The second kappa shape index (κ2) is 8.90. The molecule has 0 aromatic carbocycles. The monoisotopic (exact) mass is 272 g/mol. The summed E-state index contributed by atoms with van der Waals surface area (Å²) in [6.45, 7) is 11.8. The summed E-state index contributed by atoms with van der Waals surface area (Å²) in [6.07, 6.45) is 2.66. The molecule has 114 valence electrons. The van der Waals surface area contributed by atoms with Gasteiger partial charge < -0.3 is 14.8 Å². The Balaban J connectivity index is 2.48. The minimum atomic E-state index is 0.342. The van der Waals surface area contributed by atoms with Gasteiger partial charge in [-0.15, -0.1) is 0 Å². The van der Waals surface area contributed by atoms with E-state index in [2.05, 4.69) is 24.1 Å². The first-order chi connectivity index (χ1) is 9.10. The van der Waals surface area contributed by atoms with Crippen LogP contribution in [-0.4, -0.2) is 65.1 Å². The first-order valence-corrected chi connectivity index (χ1v) is 7.51. The van der Waals surface area contributed by atoms with Crippen LogP contribution in [0.4, 0.5) is 0 Å². The van der Waals surface area contributed by atoms with Crippen LogP contribution in [0.3, 0.4) is 0 Å². The molecule has 0 radical (unpaired) electrons. The lowest BCUT2D eigenvalue weighted by Crippen LogP contribution is -2.46. The quantitative estimate of drug-likeness (QED) is 0.691. The third-order valence-electron chi connectivity index (χ3n) is 4.26. The zero-order valence-corrected chi connectivity index (χ0v) is 13.2. The molecule has 1 aliphatic heterocycles. The summed E-state index contributed by atoms with van der Waals surface area (Å²) < 4.78 is 10.4. The number of nitrogens with one attached hydrogen (secondary N) is 1. The van der Waals surface area contributed by atoms with E-state index in [9.17, 15) is 0 Å². The summed E-state index contributed by atoms with van der Waals surface area (Å²) in [4.78, 5) is 2.47. The number of hydrogen-bond donors (Lipinski definition) is 1. The van der Waals surface area contributed by atoms with Crippen LogP contribution in [0.2, 0.25) is 0 Å². The molecule has 0 spiro atoms. The van der Waals surface area contributed by atoms with Crippen molar-refractivity contribution in [1.82, 2.24) is 10.2 Å². The summed E-state index contributed by atoms with van der Waals surface area (Å²) in [5, 5.41) is 3.53. The second-order valence-electron chi connectivity index (χ2n) is 6.29. The molecule has 1 saturated heterocycles. The van der Waals surface area contributed by atoms with E-state index in [0.717, 1.165) is 45.3 Å². The Morgan fingerprint density at radius 1 is 1.16 bits per heavy atom. The van der Waals surface area contributed by atoms with Crippen LogP contribution in [0, 0.1) is 11.3 Å². The lowest BCUT2D eigenvalue weighted by Gasteiger charge is -2.40. The molecule has 0 saturated carbocycles. The van der Waals surface area contributed by atoms with Gasteiger partial charge in [0, 0.05) is 33.9 Å². The maximum Gasteiger partial charge on any atom is 0.0589 e. The molecule has 0 amide bonds. The highest BCUT2D eigenvalue weighted by Crippen LogP contribution is 2.32. The molecule has 19 heavy (non-hydrogen) atoms. The number of methoxy groups -OCH3 is 2. The van der Waals surface area contributed by atoms with Crippen LogP contribution in [0.25, 0.3) is 0 Å². The number of nitrogens with zero attached hydrogens (tertiary/aromatic N) is 1. The largest absolute Gasteiger partial charge is 0.383 e. The molecule has 1 aliphatic rings. The van der Waals surface area contributed by atoms with E-state index >= 15 is 0 Å². The van der Waals surface area contributed by atoms with Gasteiger partial charge in [0.2, 0.25) is 0 Å². The van der Waals surface area contributed by atoms with Gasteiger partial charge in [0.1, 0.15) is 0 Å². The van der Waals surface area contributed by atoms with Gasteiger partial charge in [-0.25, -0.2) is 0 Å². The van der Waals surface area contributed by atoms with Gasteiger partial charge >= 0.3 is 0 Å². The van der Waals surface area contributed by atoms with Crippen LogP contribution in [0.1, 0.15) is 26.7 Å². The van der Waals surface area contributed by atoms with E-state index in [-0.39, 0.29) is 0 Å². The molecule has 0 aromatic rings. The zero-order chi connectivity index (χ0) is 14.1. The van der Waals surface area contributed by atoms with Crippen LogP contribution in [0.15, 0.2) is 0 Å². The van der Waals surface area contributed by atoms with E-state index in [0.29, 0.717) is 5.41 Å². The Morgan fingerprint density at radius 3 is 2.26 bits per heavy atom. The second-order valence-corrected chi connectivity index (χ2v) is 6.29. The molecular weight excluding hydrogens is 240 g/mol. The number of piperidine rings is 1. The highest BCUT2D eigenvalue weighted by molar-refractivity contribution is 4.85. The first kappa shape index (κ1) is 16.9. The van der Waals surface area contributed by atoms with E-state index < -0.39 is 0 Å². The summed E-state index contributed by atoms with van der Waals surface area (Å²) in [5.74, 6) is 0.772. The fourth-order valence-electron chi connectivity index (χ4n) is 2.93. The minimum Gasteiger partial charge on any atom is -0.383 e. The molecule has 1 fully saturated rings. The molecule has 0 bridgehead atoms. The van der Waals surface area contributed by atoms with Crippen LogP contribution in [0.5, 0.6) is 0 Å². The van der Waals surface area contributed by atoms with Gasteiger partial charge in [0.15, 0.2) is 0 Å². The first-order valence-electron chi connectivity index (χ1n) is 7.51. The van der Waals surface area contributed by atoms with Crippen LogP contribution >= 0.6 is 0 Å².